The number of hydrogen-bond acceptors (Lipinski definition) is 3. The molecule has 0 saturated carbocycles. The van der Waals surface area contributed by atoms with E-state index in [4.69, 9.17) is 4.74 Å². The van der Waals surface area contributed by atoms with Gasteiger partial charge in [0.15, 0.2) is 0 Å². The number of nitrogens with one attached hydrogen (secondary N) is 1. The Hall–Kier alpha value is 0.200. The second kappa shape index (κ2) is 6.64. The highest BCUT2D eigenvalue weighted by Crippen LogP contribution is 2.30. The van der Waals surface area contributed by atoms with Crippen molar-refractivity contribution in [2.45, 2.75) is 12.5 Å². The van der Waals surface area contributed by atoms with Crippen LogP contribution < -0.4 is 5.32 Å². The molecule has 1 aliphatic heterocycles. The number of likely N-dealkylation sites (N-methyl/N-ethyl adjacent to an activating group) is 1. The Balaban J connectivity index is 0.000000845. The van der Waals surface area contributed by atoms with Crippen LogP contribution in [0.5, 0.6) is 0 Å². The highest BCUT2D eigenvalue weighted by atomic mass is 35.5. The topological polar surface area (TPSA) is 21.3 Å². The van der Waals surface area contributed by atoms with Crippen LogP contribution >= 0.6 is 36.2 Å². The Morgan fingerprint density at radius 1 is 1.57 bits per heavy atom. The quantitative estimate of drug-likeness (QED) is 0.877. The van der Waals surface area contributed by atoms with E-state index in [-0.39, 0.29) is 24.8 Å². The highest BCUT2D eigenvalue weighted by molar-refractivity contribution is 7.10. The van der Waals surface area contributed by atoms with E-state index < -0.39 is 0 Å². The number of thiophene rings is 1. The van der Waals surface area contributed by atoms with Gasteiger partial charge in [-0.3, -0.25) is 0 Å². The van der Waals surface area contributed by atoms with Crippen LogP contribution in [0.4, 0.5) is 0 Å². The standard InChI is InChI=1S/C9H13NOS.2ClH/c1-10-6-8-9-7(2-4-11-8)3-5-12-9;;/h3,5,8,10H,2,4,6H2,1H3;2*1H/t8-;;/m0../s1. The Kier molecular flexibility index (Phi) is 6.74. The fraction of sp³-hybridized carbons (Fsp3) is 0.556. The number of halogens is 2. The zero-order chi connectivity index (χ0) is 8.39. The van der Waals surface area contributed by atoms with Gasteiger partial charge < -0.3 is 10.1 Å². The molecule has 2 heterocycles. The lowest BCUT2D eigenvalue weighted by molar-refractivity contribution is 0.0469. The summed E-state index contributed by atoms with van der Waals surface area (Å²) >= 11 is 1.81. The number of ether oxygens (including phenoxy) is 1. The van der Waals surface area contributed by atoms with Crippen LogP contribution in [0.3, 0.4) is 0 Å². The summed E-state index contributed by atoms with van der Waals surface area (Å²) in [7, 11) is 1.96. The van der Waals surface area contributed by atoms with Gasteiger partial charge in [-0.15, -0.1) is 36.2 Å². The molecule has 1 aromatic rings. The van der Waals surface area contributed by atoms with E-state index in [1.807, 2.05) is 18.4 Å². The third kappa shape index (κ3) is 2.84. The normalized spacial score (nSPS) is 19.1. The first-order valence-corrected chi connectivity index (χ1v) is 5.12. The first-order valence-electron chi connectivity index (χ1n) is 4.24. The van der Waals surface area contributed by atoms with Gasteiger partial charge in [0.1, 0.15) is 6.10 Å². The molecule has 0 fully saturated rings. The van der Waals surface area contributed by atoms with E-state index >= 15 is 0 Å². The zero-order valence-electron chi connectivity index (χ0n) is 7.99. The van der Waals surface area contributed by atoms with Gasteiger partial charge in [-0.2, -0.15) is 0 Å². The largest absolute Gasteiger partial charge is 0.371 e. The third-order valence-corrected chi connectivity index (χ3v) is 3.20. The van der Waals surface area contributed by atoms with Crippen molar-refractivity contribution in [3.8, 4) is 0 Å². The molecule has 2 rings (SSSR count). The van der Waals surface area contributed by atoms with Gasteiger partial charge in [0.25, 0.3) is 0 Å². The van der Waals surface area contributed by atoms with E-state index in [0.29, 0.717) is 6.10 Å². The van der Waals surface area contributed by atoms with Crippen LogP contribution in [-0.2, 0) is 11.2 Å². The summed E-state index contributed by atoms with van der Waals surface area (Å²) in [6.45, 7) is 1.80. The molecule has 0 aliphatic carbocycles. The second-order valence-electron chi connectivity index (χ2n) is 2.98. The maximum Gasteiger partial charge on any atom is 0.104 e. The van der Waals surface area contributed by atoms with E-state index in [9.17, 15) is 0 Å². The highest BCUT2D eigenvalue weighted by Gasteiger charge is 2.20. The predicted molar refractivity (Wildman–Crippen MR) is 65.1 cm³/mol. The first-order chi connectivity index (χ1) is 5.92. The monoisotopic (exact) mass is 255 g/mol. The van der Waals surface area contributed by atoms with Crippen LogP contribution in [0, 0.1) is 0 Å². The van der Waals surface area contributed by atoms with Gasteiger partial charge in [0.05, 0.1) is 6.61 Å². The number of hydrogen-bond donors (Lipinski definition) is 1. The molecular weight excluding hydrogens is 241 g/mol. The van der Waals surface area contributed by atoms with E-state index in [1.165, 1.54) is 10.4 Å². The average molecular weight is 256 g/mol. The number of rotatable bonds is 2. The van der Waals surface area contributed by atoms with E-state index in [2.05, 4.69) is 16.8 Å². The maximum atomic E-state index is 5.65. The van der Waals surface area contributed by atoms with E-state index in [0.717, 1.165) is 19.6 Å². The molecule has 14 heavy (non-hydrogen) atoms. The summed E-state index contributed by atoms with van der Waals surface area (Å²) < 4.78 is 5.65. The van der Waals surface area contributed by atoms with Gasteiger partial charge in [-0.1, -0.05) is 0 Å². The van der Waals surface area contributed by atoms with Crippen LogP contribution in [0.15, 0.2) is 11.4 Å². The van der Waals surface area contributed by atoms with Crippen LogP contribution in [0.2, 0.25) is 0 Å². The SMILES string of the molecule is CNC[C@@H]1OCCc2ccsc21.Cl.Cl. The lowest BCUT2D eigenvalue weighted by Gasteiger charge is -2.22. The summed E-state index contributed by atoms with van der Waals surface area (Å²) in [6.07, 6.45) is 1.37. The molecule has 0 radical (unpaired) electrons. The third-order valence-electron chi connectivity index (χ3n) is 2.15. The van der Waals surface area contributed by atoms with Crippen LogP contribution in [-0.4, -0.2) is 20.2 Å². The molecule has 82 valence electrons. The minimum atomic E-state index is 0. The molecule has 2 nitrogen and oxygen atoms in total. The first kappa shape index (κ1) is 14.2. The lowest BCUT2D eigenvalue weighted by atomic mass is 10.1. The Morgan fingerprint density at radius 2 is 2.36 bits per heavy atom. The molecule has 1 N–H and O–H groups in total. The lowest BCUT2D eigenvalue weighted by Crippen LogP contribution is -2.23. The van der Waals surface area contributed by atoms with Gasteiger partial charge in [-0.05, 0) is 30.5 Å². The Morgan fingerprint density at radius 3 is 3.07 bits per heavy atom. The van der Waals surface area contributed by atoms with Crippen molar-refractivity contribution in [1.29, 1.82) is 0 Å². The Labute approximate surface area is 101 Å². The van der Waals surface area contributed by atoms with Crippen molar-refractivity contribution in [2.75, 3.05) is 20.2 Å². The summed E-state index contributed by atoms with van der Waals surface area (Å²) in [5, 5.41) is 5.30. The second-order valence-corrected chi connectivity index (χ2v) is 3.92. The molecule has 0 unspecified atom stereocenters. The van der Waals surface area contributed by atoms with Gasteiger partial charge in [0.2, 0.25) is 0 Å². The van der Waals surface area contributed by atoms with Gasteiger partial charge in [0, 0.05) is 11.4 Å². The molecule has 0 aromatic carbocycles. The molecular formula is C9H15Cl2NOS. The van der Waals surface area contributed by atoms with Gasteiger partial charge >= 0.3 is 0 Å². The molecule has 0 bridgehead atoms. The van der Waals surface area contributed by atoms with Crippen molar-refractivity contribution in [1.82, 2.24) is 5.32 Å². The molecule has 5 heteroatoms. The maximum absolute atomic E-state index is 5.65. The number of fused-ring (bicyclic) bond motifs is 1. The van der Waals surface area contributed by atoms with Crippen LogP contribution in [0.1, 0.15) is 16.5 Å². The van der Waals surface area contributed by atoms with Gasteiger partial charge in [-0.25, -0.2) is 0 Å². The molecule has 0 amide bonds. The van der Waals surface area contributed by atoms with Crippen molar-refractivity contribution < 1.29 is 4.74 Å². The fourth-order valence-corrected chi connectivity index (χ4v) is 2.56. The minimum absolute atomic E-state index is 0. The fourth-order valence-electron chi connectivity index (χ4n) is 1.56. The van der Waals surface area contributed by atoms with E-state index in [1.54, 1.807) is 0 Å². The summed E-state index contributed by atoms with van der Waals surface area (Å²) in [5.41, 5.74) is 1.48. The molecule has 1 atom stereocenters. The molecule has 1 aliphatic rings. The predicted octanol–water partition coefficient (Wildman–Crippen LogP) is 2.42. The van der Waals surface area contributed by atoms with Crippen molar-refractivity contribution >= 4 is 36.2 Å². The summed E-state index contributed by atoms with van der Waals surface area (Å²) in [6, 6.07) is 2.21. The molecule has 0 spiro atoms. The van der Waals surface area contributed by atoms with Crippen molar-refractivity contribution in [2.24, 2.45) is 0 Å². The summed E-state index contributed by atoms with van der Waals surface area (Å²) in [4.78, 5) is 1.41. The average Bonchev–Trinajstić information content (AvgIpc) is 2.53. The molecule has 1 aromatic heterocycles. The smallest absolute Gasteiger partial charge is 0.104 e. The molecule has 0 saturated heterocycles. The Bertz CT molecular complexity index is 267. The summed E-state index contributed by atoms with van der Waals surface area (Å²) in [5.74, 6) is 0. The van der Waals surface area contributed by atoms with Crippen molar-refractivity contribution in [3.05, 3.63) is 21.9 Å². The zero-order valence-corrected chi connectivity index (χ0v) is 10.4. The van der Waals surface area contributed by atoms with Crippen LogP contribution in [0.25, 0.3) is 0 Å². The minimum Gasteiger partial charge on any atom is -0.371 e. The van der Waals surface area contributed by atoms with Crippen molar-refractivity contribution in [3.63, 3.8) is 0 Å².